The average molecular weight is 285 g/mol. The van der Waals surface area contributed by atoms with Crippen molar-refractivity contribution in [1.82, 2.24) is 15.1 Å². The van der Waals surface area contributed by atoms with Crippen molar-refractivity contribution in [2.45, 2.75) is 31.4 Å². The van der Waals surface area contributed by atoms with Gasteiger partial charge in [-0.25, -0.2) is 0 Å². The van der Waals surface area contributed by atoms with Crippen LogP contribution in [0.3, 0.4) is 0 Å². The number of carbonyl (C=O) groups excluding carboxylic acids is 1. The van der Waals surface area contributed by atoms with E-state index >= 15 is 0 Å². The molecule has 1 aliphatic heterocycles. The molecule has 2 aromatic rings. The highest BCUT2D eigenvalue weighted by Gasteiger charge is 2.31. The second kappa shape index (κ2) is 6.10. The summed E-state index contributed by atoms with van der Waals surface area (Å²) in [5.74, 6) is -0.0322. The third-order valence-electron chi connectivity index (χ3n) is 4.05. The summed E-state index contributed by atoms with van der Waals surface area (Å²) in [5.41, 5.74) is 1.41. The molecule has 0 bridgehead atoms. The Bertz CT molecular complexity index is 583. The summed E-state index contributed by atoms with van der Waals surface area (Å²) in [5, 5.41) is 16.9. The number of aromatic nitrogens is 2. The third-order valence-corrected chi connectivity index (χ3v) is 4.05. The van der Waals surface area contributed by atoms with Gasteiger partial charge in [-0.15, -0.1) is 0 Å². The highest BCUT2D eigenvalue weighted by atomic mass is 16.3. The molecule has 3 rings (SSSR count). The summed E-state index contributed by atoms with van der Waals surface area (Å²) in [6.45, 7) is 0.740. The van der Waals surface area contributed by atoms with Gasteiger partial charge in [0.1, 0.15) is 5.69 Å². The van der Waals surface area contributed by atoms with Crippen LogP contribution < -0.4 is 0 Å². The van der Waals surface area contributed by atoms with Crippen LogP contribution in [-0.4, -0.2) is 38.7 Å². The maximum atomic E-state index is 12.4. The number of aromatic amines is 1. The van der Waals surface area contributed by atoms with Crippen LogP contribution in [0.5, 0.6) is 0 Å². The molecule has 1 fully saturated rings. The van der Waals surface area contributed by atoms with Crippen molar-refractivity contribution in [2.75, 3.05) is 6.54 Å². The van der Waals surface area contributed by atoms with Gasteiger partial charge < -0.3 is 10.0 Å². The fraction of sp³-hybridized carbons (Fsp3) is 0.375. The number of nitrogens with zero attached hydrogens (tertiary/aromatic N) is 2. The van der Waals surface area contributed by atoms with Crippen molar-refractivity contribution in [3.63, 3.8) is 0 Å². The van der Waals surface area contributed by atoms with E-state index in [1.165, 1.54) is 0 Å². The van der Waals surface area contributed by atoms with Gasteiger partial charge in [0.2, 0.25) is 0 Å². The first-order valence-corrected chi connectivity index (χ1v) is 7.29. The van der Waals surface area contributed by atoms with Gasteiger partial charge in [-0.05, 0) is 30.9 Å². The number of likely N-dealkylation sites (tertiary alicyclic amines) is 1. The topological polar surface area (TPSA) is 69.2 Å². The zero-order valence-electron chi connectivity index (χ0n) is 11.8. The molecule has 21 heavy (non-hydrogen) atoms. The number of aliphatic hydroxyl groups is 1. The Labute approximate surface area is 123 Å². The van der Waals surface area contributed by atoms with Gasteiger partial charge in [-0.2, -0.15) is 5.10 Å². The number of hydrogen-bond donors (Lipinski definition) is 2. The van der Waals surface area contributed by atoms with Crippen molar-refractivity contribution in [3.8, 4) is 0 Å². The Morgan fingerprint density at radius 3 is 2.90 bits per heavy atom. The van der Waals surface area contributed by atoms with Crippen LogP contribution in [0.4, 0.5) is 0 Å². The Hall–Kier alpha value is -2.14. The maximum absolute atomic E-state index is 12.4. The minimum atomic E-state index is -0.536. The standard InChI is InChI=1S/C16H19N3O2/c20-15(12-5-2-1-3-6-12)11-13-7-4-10-19(13)16(21)14-8-9-17-18-14/h1-3,5-6,8-9,13,15,20H,4,7,10-11H2,(H,17,18)/t13-,15-/m0/s1. The maximum Gasteiger partial charge on any atom is 0.272 e. The highest BCUT2D eigenvalue weighted by molar-refractivity contribution is 5.92. The van der Waals surface area contributed by atoms with Crippen molar-refractivity contribution in [2.24, 2.45) is 0 Å². The fourth-order valence-electron chi connectivity index (χ4n) is 2.95. The number of amides is 1. The van der Waals surface area contributed by atoms with E-state index in [1.807, 2.05) is 35.2 Å². The first-order chi connectivity index (χ1) is 10.3. The first-order valence-electron chi connectivity index (χ1n) is 7.29. The van der Waals surface area contributed by atoms with Gasteiger partial charge in [-0.1, -0.05) is 30.3 Å². The molecule has 2 N–H and O–H groups in total. The Morgan fingerprint density at radius 1 is 1.38 bits per heavy atom. The van der Waals surface area contributed by atoms with Gasteiger partial charge in [0, 0.05) is 18.8 Å². The van der Waals surface area contributed by atoms with Crippen LogP contribution in [0, 0.1) is 0 Å². The summed E-state index contributed by atoms with van der Waals surface area (Å²) in [7, 11) is 0. The second-order valence-corrected chi connectivity index (χ2v) is 5.43. The molecule has 1 saturated heterocycles. The number of aliphatic hydroxyl groups excluding tert-OH is 1. The molecule has 1 aromatic carbocycles. The van der Waals surface area contributed by atoms with Gasteiger partial charge in [0.15, 0.2) is 0 Å². The number of H-pyrrole nitrogens is 1. The van der Waals surface area contributed by atoms with E-state index in [0.29, 0.717) is 12.1 Å². The first kappa shape index (κ1) is 13.8. The van der Waals surface area contributed by atoms with Crippen molar-refractivity contribution in [1.29, 1.82) is 0 Å². The molecular formula is C16H19N3O2. The predicted octanol–water partition coefficient (Wildman–Crippen LogP) is 2.14. The molecule has 1 amide bonds. The van der Waals surface area contributed by atoms with Crippen molar-refractivity contribution >= 4 is 5.91 Å². The van der Waals surface area contributed by atoms with Gasteiger partial charge in [0.25, 0.3) is 5.91 Å². The lowest BCUT2D eigenvalue weighted by Crippen LogP contribution is -2.36. The van der Waals surface area contributed by atoms with E-state index in [4.69, 9.17) is 0 Å². The van der Waals surface area contributed by atoms with Crippen molar-refractivity contribution in [3.05, 3.63) is 53.9 Å². The number of carbonyl (C=O) groups is 1. The quantitative estimate of drug-likeness (QED) is 0.904. The van der Waals surface area contributed by atoms with E-state index in [-0.39, 0.29) is 11.9 Å². The molecule has 2 atom stereocenters. The average Bonchev–Trinajstić information content (AvgIpc) is 3.19. The molecule has 110 valence electrons. The predicted molar refractivity (Wildman–Crippen MR) is 78.7 cm³/mol. The van der Waals surface area contributed by atoms with Gasteiger partial charge in [0.05, 0.1) is 6.10 Å². The van der Waals surface area contributed by atoms with E-state index in [1.54, 1.807) is 12.3 Å². The molecule has 0 saturated carbocycles. The van der Waals surface area contributed by atoms with Crippen LogP contribution in [0.2, 0.25) is 0 Å². The molecule has 0 unspecified atom stereocenters. The van der Waals surface area contributed by atoms with Crippen LogP contribution in [-0.2, 0) is 0 Å². The lowest BCUT2D eigenvalue weighted by molar-refractivity contribution is 0.0661. The molecular weight excluding hydrogens is 266 g/mol. The molecule has 0 radical (unpaired) electrons. The van der Waals surface area contributed by atoms with E-state index < -0.39 is 6.10 Å². The van der Waals surface area contributed by atoms with Gasteiger partial charge >= 0.3 is 0 Å². The molecule has 0 aliphatic carbocycles. The van der Waals surface area contributed by atoms with Crippen LogP contribution in [0.15, 0.2) is 42.6 Å². The Kier molecular flexibility index (Phi) is 4.01. The molecule has 0 spiro atoms. The summed E-state index contributed by atoms with van der Waals surface area (Å²) in [4.78, 5) is 14.3. The summed E-state index contributed by atoms with van der Waals surface area (Å²) >= 11 is 0. The zero-order valence-corrected chi connectivity index (χ0v) is 11.8. The number of nitrogens with one attached hydrogen (secondary N) is 1. The lowest BCUT2D eigenvalue weighted by atomic mass is 10.0. The molecule has 1 aliphatic rings. The number of hydrogen-bond acceptors (Lipinski definition) is 3. The SMILES string of the molecule is O=C(c1ccn[nH]1)N1CCC[C@H]1C[C@H](O)c1ccccc1. The largest absolute Gasteiger partial charge is 0.388 e. The zero-order chi connectivity index (χ0) is 14.7. The van der Waals surface area contributed by atoms with E-state index in [0.717, 1.165) is 24.9 Å². The molecule has 5 nitrogen and oxygen atoms in total. The minimum Gasteiger partial charge on any atom is -0.388 e. The molecule has 1 aromatic heterocycles. The number of rotatable bonds is 4. The summed E-state index contributed by atoms with van der Waals surface area (Å²) in [6.07, 6.45) is 3.53. The minimum absolute atomic E-state index is 0.0322. The van der Waals surface area contributed by atoms with Crippen molar-refractivity contribution < 1.29 is 9.90 Å². The Balaban J connectivity index is 1.68. The van der Waals surface area contributed by atoms with Crippen LogP contribution in [0.1, 0.15) is 41.4 Å². The Morgan fingerprint density at radius 2 is 2.19 bits per heavy atom. The monoisotopic (exact) mass is 285 g/mol. The molecule has 2 heterocycles. The third kappa shape index (κ3) is 2.97. The number of benzene rings is 1. The fourth-order valence-corrected chi connectivity index (χ4v) is 2.95. The van der Waals surface area contributed by atoms with E-state index in [9.17, 15) is 9.90 Å². The normalized spacial score (nSPS) is 19.7. The summed E-state index contributed by atoms with van der Waals surface area (Å²) < 4.78 is 0. The molecule has 5 heteroatoms. The van der Waals surface area contributed by atoms with Crippen LogP contribution in [0.25, 0.3) is 0 Å². The van der Waals surface area contributed by atoms with Gasteiger partial charge in [-0.3, -0.25) is 9.89 Å². The van der Waals surface area contributed by atoms with Crippen LogP contribution >= 0.6 is 0 Å². The second-order valence-electron chi connectivity index (χ2n) is 5.43. The summed E-state index contributed by atoms with van der Waals surface area (Å²) in [6, 6.07) is 11.4. The lowest BCUT2D eigenvalue weighted by Gasteiger charge is -2.26. The smallest absolute Gasteiger partial charge is 0.272 e. The van der Waals surface area contributed by atoms with E-state index in [2.05, 4.69) is 10.2 Å². The highest BCUT2D eigenvalue weighted by Crippen LogP contribution is 2.28.